The predicted octanol–water partition coefficient (Wildman–Crippen LogP) is 3.69. The van der Waals surface area contributed by atoms with Gasteiger partial charge in [0.05, 0.1) is 17.1 Å². The van der Waals surface area contributed by atoms with E-state index in [0.717, 1.165) is 23.9 Å². The number of anilines is 1. The van der Waals surface area contributed by atoms with E-state index in [0.29, 0.717) is 11.6 Å². The Bertz CT molecular complexity index is 1440. The first-order chi connectivity index (χ1) is 17.2. The summed E-state index contributed by atoms with van der Waals surface area (Å²) in [4.78, 5) is 33.0. The maximum Gasteiger partial charge on any atom is 0.418 e. The summed E-state index contributed by atoms with van der Waals surface area (Å²) in [6, 6.07) is 3.20. The first-order valence-corrected chi connectivity index (χ1v) is 12.1. The number of amides is 1. The van der Waals surface area contributed by atoms with E-state index < -0.39 is 17.8 Å². The van der Waals surface area contributed by atoms with Crippen molar-refractivity contribution in [2.75, 3.05) is 16.8 Å². The molecule has 4 aromatic rings. The highest BCUT2D eigenvalue weighted by molar-refractivity contribution is 8.00. The highest BCUT2D eigenvalue weighted by Crippen LogP contribution is 2.38. The lowest BCUT2D eigenvalue weighted by molar-refractivity contribution is -0.136. The van der Waals surface area contributed by atoms with Crippen molar-refractivity contribution in [1.29, 1.82) is 0 Å². The molecule has 0 aliphatic carbocycles. The minimum atomic E-state index is -4.64. The maximum atomic E-state index is 13.5. The van der Waals surface area contributed by atoms with Crippen molar-refractivity contribution in [3.05, 3.63) is 59.3 Å². The smallest absolute Gasteiger partial charge is 0.360 e. The van der Waals surface area contributed by atoms with Gasteiger partial charge in [-0.05, 0) is 19.1 Å². The number of halogens is 4. The van der Waals surface area contributed by atoms with Crippen LogP contribution in [0.4, 0.5) is 19.0 Å². The first kappa shape index (κ1) is 24.2. The van der Waals surface area contributed by atoms with Gasteiger partial charge in [-0.1, -0.05) is 11.6 Å². The minimum Gasteiger partial charge on any atom is -0.360 e. The highest BCUT2D eigenvalue weighted by Gasteiger charge is 2.34. The fourth-order valence-electron chi connectivity index (χ4n) is 3.62. The van der Waals surface area contributed by atoms with Crippen molar-refractivity contribution in [3.8, 4) is 5.82 Å². The normalized spacial score (nSPS) is 14.9. The number of benzene rings is 1. The third kappa shape index (κ3) is 4.78. The molecule has 1 saturated heterocycles. The van der Waals surface area contributed by atoms with Gasteiger partial charge in [0.2, 0.25) is 0 Å². The largest absolute Gasteiger partial charge is 0.418 e. The number of thioether (sulfide) groups is 1. The Morgan fingerprint density at radius 3 is 2.61 bits per heavy atom. The van der Waals surface area contributed by atoms with Gasteiger partial charge in [-0.3, -0.25) is 4.79 Å². The van der Waals surface area contributed by atoms with E-state index in [4.69, 9.17) is 11.6 Å². The Kier molecular flexibility index (Phi) is 6.38. The molecule has 5 rings (SSSR count). The molecule has 2 N–H and O–H groups in total. The molecule has 36 heavy (non-hydrogen) atoms. The molecule has 0 radical (unpaired) electrons. The predicted molar refractivity (Wildman–Crippen MR) is 127 cm³/mol. The first-order valence-electron chi connectivity index (χ1n) is 10.6. The number of hydrogen-bond donors (Lipinski definition) is 2. The molecule has 10 nitrogen and oxygen atoms in total. The van der Waals surface area contributed by atoms with Crippen LogP contribution >= 0.6 is 23.4 Å². The average Bonchev–Trinajstić information content (AvgIpc) is 3.31. The summed E-state index contributed by atoms with van der Waals surface area (Å²) >= 11 is 7.71. The van der Waals surface area contributed by atoms with E-state index in [-0.39, 0.29) is 39.4 Å². The molecule has 1 fully saturated rings. The van der Waals surface area contributed by atoms with E-state index >= 15 is 0 Å². The van der Waals surface area contributed by atoms with Crippen LogP contribution in [0.1, 0.15) is 34.8 Å². The summed E-state index contributed by atoms with van der Waals surface area (Å²) in [5, 5.41) is 10.2. The number of fused-ring (bicyclic) bond motifs is 1. The lowest BCUT2D eigenvalue weighted by atomic mass is 10.1. The summed E-state index contributed by atoms with van der Waals surface area (Å²) in [7, 11) is 0. The second-order valence-electron chi connectivity index (χ2n) is 7.93. The lowest BCUT2D eigenvalue weighted by Gasteiger charge is -2.25. The van der Waals surface area contributed by atoms with Gasteiger partial charge in [0.15, 0.2) is 11.6 Å². The third-order valence-corrected chi connectivity index (χ3v) is 6.89. The van der Waals surface area contributed by atoms with E-state index in [2.05, 4.69) is 40.7 Å². The molecule has 0 saturated carbocycles. The van der Waals surface area contributed by atoms with Gasteiger partial charge in [-0.15, -0.1) is 0 Å². The summed E-state index contributed by atoms with van der Waals surface area (Å²) in [6.45, 7) is 1.73. The topological polar surface area (TPSA) is 123 Å². The van der Waals surface area contributed by atoms with Crippen LogP contribution < -0.4 is 10.6 Å². The molecular weight excluding hydrogens is 519 g/mol. The SMILES string of the molecule is C[C@H](Nc1ncnc2c(C(F)(F)F)cc(Cl)cc12)c1ncnn1-c1cc(C(=O)NC2CSC2)ncn1. The van der Waals surface area contributed by atoms with Crippen LogP contribution in [0.5, 0.6) is 0 Å². The fraction of sp³-hybridized carbons (Fsp3) is 0.286. The number of aromatic nitrogens is 7. The minimum absolute atomic E-state index is 0.101. The monoisotopic (exact) mass is 535 g/mol. The quantitative estimate of drug-likeness (QED) is 0.380. The van der Waals surface area contributed by atoms with Crippen LogP contribution in [0.3, 0.4) is 0 Å². The summed E-state index contributed by atoms with van der Waals surface area (Å²) < 4.78 is 42.0. The third-order valence-electron chi connectivity index (χ3n) is 5.40. The molecular formula is C21H17ClF3N9OS. The van der Waals surface area contributed by atoms with Gasteiger partial charge >= 0.3 is 6.18 Å². The number of carbonyl (C=O) groups excluding carboxylic acids is 1. The van der Waals surface area contributed by atoms with E-state index in [1.807, 2.05) is 0 Å². The van der Waals surface area contributed by atoms with Crippen LogP contribution in [0.15, 0.2) is 37.2 Å². The Balaban J connectivity index is 1.44. The van der Waals surface area contributed by atoms with Crippen molar-refractivity contribution >= 4 is 46.0 Å². The zero-order valence-electron chi connectivity index (χ0n) is 18.5. The summed E-state index contributed by atoms with van der Waals surface area (Å²) in [6.07, 6.45) is -1.05. The van der Waals surface area contributed by atoms with Gasteiger partial charge in [-0.2, -0.15) is 34.7 Å². The Hall–Kier alpha value is -3.52. The summed E-state index contributed by atoms with van der Waals surface area (Å²) in [5.74, 6) is 2.20. The number of nitrogens with one attached hydrogen (secondary N) is 2. The standard InChI is InChI=1S/C21H17ClF3N9OS/c1-10(32-18-13-2-11(22)3-14(21(23,24)25)17(13)28-8-29-18)19-30-9-31-34(19)16-4-15(26-7-27-16)20(35)33-12-5-36-6-12/h2-4,7-10,12H,5-6H2,1H3,(H,33,35)(H,28,29,32)/t10-/m0/s1. The van der Waals surface area contributed by atoms with Crippen LogP contribution in [0, 0.1) is 0 Å². The van der Waals surface area contributed by atoms with Gasteiger partial charge in [0, 0.05) is 34.0 Å². The van der Waals surface area contributed by atoms with Crippen molar-refractivity contribution in [2.24, 2.45) is 0 Å². The van der Waals surface area contributed by atoms with Crippen molar-refractivity contribution < 1.29 is 18.0 Å². The molecule has 0 unspecified atom stereocenters. The zero-order valence-corrected chi connectivity index (χ0v) is 20.1. The molecule has 1 aliphatic rings. The molecule has 0 bridgehead atoms. The number of alkyl halides is 3. The molecule has 1 amide bonds. The Morgan fingerprint density at radius 2 is 1.89 bits per heavy atom. The van der Waals surface area contributed by atoms with E-state index in [1.54, 1.807) is 18.7 Å². The van der Waals surface area contributed by atoms with Gasteiger partial charge in [0.1, 0.15) is 30.5 Å². The molecule has 1 aliphatic heterocycles. The summed E-state index contributed by atoms with van der Waals surface area (Å²) in [5.41, 5.74) is -1.07. The molecule has 15 heteroatoms. The van der Waals surface area contributed by atoms with Crippen LogP contribution in [0.25, 0.3) is 16.7 Å². The van der Waals surface area contributed by atoms with Crippen molar-refractivity contribution in [1.82, 2.24) is 40.0 Å². The lowest BCUT2D eigenvalue weighted by Crippen LogP contribution is -2.44. The Labute approximate surface area is 211 Å². The fourth-order valence-corrected chi connectivity index (χ4v) is 4.48. The highest BCUT2D eigenvalue weighted by atomic mass is 35.5. The Morgan fingerprint density at radius 1 is 1.11 bits per heavy atom. The second-order valence-corrected chi connectivity index (χ2v) is 9.45. The number of hydrogen-bond acceptors (Lipinski definition) is 9. The molecule has 1 atom stereocenters. The van der Waals surface area contributed by atoms with Crippen LogP contribution in [0.2, 0.25) is 5.02 Å². The van der Waals surface area contributed by atoms with Crippen LogP contribution in [-0.2, 0) is 6.18 Å². The zero-order chi connectivity index (χ0) is 25.4. The number of nitrogens with zero attached hydrogens (tertiary/aromatic N) is 7. The number of rotatable bonds is 6. The van der Waals surface area contributed by atoms with Gasteiger partial charge in [0.25, 0.3) is 5.91 Å². The molecule has 3 aromatic heterocycles. The van der Waals surface area contributed by atoms with Crippen molar-refractivity contribution in [2.45, 2.75) is 25.2 Å². The molecule has 4 heterocycles. The average molecular weight is 536 g/mol. The second kappa shape index (κ2) is 9.50. The number of carbonyl (C=O) groups is 1. The molecule has 186 valence electrons. The van der Waals surface area contributed by atoms with Crippen LogP contribution in [-0.4, -0.2) is 58.2 Å². The van der Waals surface area contributed by atoms with E-state index in [9.17, 15) is 18.0 Å². The molecule has 1 aromatic carbocycles. The molecule has 0 spiro atoms. The van der Waals surface area contributed by atoms with Gasteiger partial charge in [-0.25, -0.2) is 24.9 Å². The maximum absolute atomic E-state index is 13.5. The van der Waals surface area contributed by atoms with E-state index in [1.165, 1.54) is 29.5 Å². The van der Waals surface area contributed by atoms with Crippen molar-refractivity contribution in [3.63, 3.8) is 0 Å². The van der Waals surface area contributed by atoms with Gasteiger partial charge < -0.3 is 10.6 Å².